The van der Waals surface area contributed by atoms with E-state index in [0.717, 1.165) is 34.1 Å². The summed E-state index contributed by atoms with van der Waals surface area (Å²) in [7, 11) is 0. The van der Waals surface area contributed by atoms with Crippen molar-refractivity contribution < 1.29 is 0 Å². The summed E-state index contributed by atoms with van der Waals surface area (Å²) in [5.41, 5.74) is 11.5. The summed E-state index contributed by atoms with van der Waals surface area (Å²) in [6.07, 6.45) is 0. The molecule has 12 aromatic carbocycles. The summed E-state index contributed by atoms with van der Waals surface area (Å²) < 4.78 is 2.59. The number of hydrogen-bond donors (Lipinski definition) is 0. The lowest BCUT2D eigenvalue weighted by atomic mass is 9.93. The van der Waals surface area contributed by atoms with Gasteiger partial charge in [-0.05, 0) is 144 Å². The highest BCUT2D eigenvalue weighted by atomic mass is 32.1. The van der Waals surface area contributed by atoms with Crippen LogP contribution in [0.2, 0.25) is 0 Å². The van der Waals surface area contributed by atoms with Crippen LogP contribution in [0, 0.1) is 0 Å². The van der Waals surface area contributed by atoms with Gasteiger partial charge in [0.25, 0.3) is 0 Å². The van der Waals surface area contributed by atoms with Crippen LogP contribution in [-0.4, -0.2) is 0 Å². The number of nitrogens with zero attached hydrogens (tertiary/aromatic N) is 2. The molecule has 0 atom stereocenters. The third-order valence-electron chi connectivity index (χ3n) is 14.2. The standard InChI is InChI=1S/C66H42N2S/c1-3-19-43(20-4-1)67(45-36-38-54-55-29-13-16-32-63(55)68(44-21-5-2-6-22-44)64-33-17-14-30-56(64)58(54)39-45)46-35-37-53-51-27-10-9-25-49(51)47-23-7-8-24-48(47)50-26-11-12-28-52(50)61-42-66-62(41-60(61)59(53)40-46)57-31-15-18-34-65(57)69-66/h1-42H. The van der Waals surface area contributed by atoms with Gasteiger partial charge < -0.3 is 9.80 Å². The van der Waals surface area contributed by atoms with E-state index >= 15 is 0 Å². The lowest BCUT2D eigenvalue weighted by Crippen LogP contribution is -2.10. The molecule has 1 aliphatic heterocycles. The number of thiophene rings is 1. The zero-order valence-corrected chi connectivity index (χ0v) is 38.4. The van der Waals surface area contributed by atoms with Crippen molar-refractivity contribution in [2.24, 2.45) is 0 Å². The zero-order chi connectivity index (χ0) is 45.4. The topological polar surface area (TPSA) is 6.48 Å². The Morgan fingerprint density at radius 2 is 0.696 bits per heavy atom. The molecule has 0 aliphatic carbocycles. The Labute approximate surface area is 404 Å². The number of para-hydroxylation sites is 4. The first kappa shape index (κ1) is 39.4. The van der Waals surface area contributed by atoms with Crippen LogP contribution in [0.5, 0.6) is 0 Å². The summed E-state index contributed by atoms with van der Waals surface area (Å²) in [4.78, 5) is 4.86. The van der Waals surface area contributed by atoms with Crippen LogP contribution >= 0.6 is 11.3 Å². The fraction of sp³-hybridized carbons (Fsp3) is 0. The Morgan fingerprint density at radius 1 is 0.246 bits per heavy atom. The molecule has 0 saturated carbocycles. The first-order chi connectivity index (χ1) is 34.2. The minimum atomic E-state index is 1.08. The third kappa shape index (κ3) is 6.32. The molecule has 13 aromatic rings. The summed E-state index contributed by atoms with van der Waals surface area (Å²) in [5, 5.41) is 14.7. The Bertz CT molecular complexity index is 4270. The lowest BCUT2D eigenvalue weighted by molar-refractivity contribution is 1.29. The van der Waals surface area contributed by atoms with E-state index in [1.165, 1.54) is 96.3 Å². The molecule has 3 heteroatoms. The number of rotatable bonds is 4. The number of anilines is 6. The Hall–Kier alpha value is -8.76. The molecule has 14 rings (SSSR count). The predicted molar refractivity (Wildman–Crippen MR) is 298 cm³/mol. The highest BCUT2D eigenvalue weighted by Crippen LogP contribution is 2.52. The molecule has 0 unspecified atom stereocenters. The molecular formula is C66H42N2S. The maximum absolute atomic E-state index is 2.49. The van der Waals surface area contributed by atoms with Gasteiger partial charge in [0.1, 0.15) is 0 Å². The van der Waals surface area contributed by atoms with Gasteiger partial charge >= 0.3 is 0 Å². The van der Waals surface area contributed by atoms with Crippen molar-refractivity contribution >= 4 is 119 Å². The van der Waals surface area contributed by atoms with Gasteiger partial charge in [0.2, 0.25) is 0 Å². The normalized spacial score (nSPS) is 12.0. The maximum atomic E-state index is 2.49. The molecule has 0 saturated heterocycles. The average molecular weight is 895 g/mol. The van der Waals surface area contributed by atoms with Gasteiger partial charge in [0.15, 0.2) is 0 Å². The van der Waals surface area contributed by atoms with Crippen molar-refractivity contribution in [2.75, 3.05) is 9.80 Å². The van der Waals surface area contributed by atoms with E-state index in [-0.39, 0.29) is 0 Å². The molecule has 0 bridgehead atoms. The molecule has 322 valence electrons. The van der Waals surface area contributed by atoms with E-state index in [4.69, 9.17) is 0 Å². The second-order valence-corrected chi connectivity index (χ2v) is 19.0. The van der Waals surface area contributed by atoms with Gasteiger partial charge in [-0.2, -0.15) is 0 Å². The predicted octanol–water partition coefficient (Wildman–Crippen LogP) is 19.5. The fourth-order valence-electron chi connectivity index (χ4n) is 11.1. The highest BCUT2D eigenvalue weighted by molar-refractivity contribution is 7.25. The maximum Gasteiger partial charge on any atom is 0.0540 e. The van der Waals surface area contributed by atoms with Gasteiger partial charge in [0.05, 0.1) is 11.4 Å². The summed E-state index contributed by atoms with van der Waals surface area (Å²) in [5.74, 6) is 0. The number of fused-ring (bicyclic) bond motifs is 18. The second-order valence-electron chi connectivity index (χ2n) is 18.0. The molecule has 0 fully saturated rings. The molecule has 0 spiro atoms. The summed E-state index contributed by atoms with van der Waals surface area (Å²) in [6.45, 7) is 0. The molecule has 1 aromatic heterocycles. The van der Waals surface area contributed by atoms with Crippen LogP contribution in [0.15, 0.2) is 255 Å². The second kappa shape index (κ2) is 16.0. The van der Waals surface area contributed by atoms with E-state index in [1.807, 2.05) is 11.3 Å². The monoisotopic (exact) mass is 894 g/mol. The van der Waals surface area contributed by atoms with E-state index in [0.29, 0.717) is 0 Å². The van der Waals surface area contributed by atoms with Crippen molar-refractivity contribution in [1.29, 1.82) is 0 Å². The van der Waals surface area contributed by atoms with Gasteiger partial charge in [0, 0.05) is 54.0 Å². The molecule has 0 amide bonds. The van der Waals surface area contributed by atoms with Gasteiger partial charge in [-0.3, -0.25) is 0 Å². The first-order valence-electron chi connectivity index (χ1n) is 23.7. The van der Waals surface area contributed by atoms with Crippen molar-refractivity contribution in [3.8, 4) is 22.3 Å². The largest absolute Gasteiger partial charge is 0.310 e. The summed E-state index contributed by atoms with van der Waals surface area (Å²) >= 11 is 1.88. The summed E-state index contributed by atoms with van der Waals surface area (Å²) in [6, 6.07) is 94.3. The minimum Gasteiger partial charge on any atom is -0.310 e. The van der Waals surface area contributed by atoms with E-state index < -0.39 is 0 Å². The van der Waals surface area contributed by atoms with Crippen molar-refractivity contribution in [3.05, 3.63) is 255 Å². The van der Waals surface area contributed by atoms with E-state index in [1.54, 1.807) is 0 Å². The highest BCUT2D eigenvalue weighted by Gasteiger charge is 2.27. The molecular weight excluding hydrogens is 853 g/mol. The Balaban J connectivity index is 1.11. The van der Waals surface area contributed by atoms with Gasteiger partial charge in [-0.25, -0.2) is 0 Å². The van der Waals surface area contributed by atoms with Crippen LogP contribution in [0.3, 0.4) is 0 Å². The molecule has 0 N–H and O–H groups in total. The van der Waals surface area contributed by atoms with Gasteiger partial charge in [-0.1, -0.05) is 176 Å². The van der Waals surface area contributed by atoms with Crippen molar-refractivity contribution in [2.45, 2.75) is 0 Å². The Morgan fingerprint density at radius 3 is 1.33 bits per heavy atom. The molecule has 0 radical (unpaired) electrons. The Kier molecular flexibility index (Phi) is 9.11. The quantitative estimate of drug-likeness (QED) is 0.174. The number of benzene rings is 11. The first-order valence-corrected chi connectivity index (χ1v) is 24.5. The third-order valence-corrected chi connectivity index (χ3v) is 15.3. The average Bonchev–Trinajstić information content (AvgIpc) is 3.73. The van der Waals surface area contributed by atoms with Crippen molar-refractivity contribution in [3.63, 3.8) is 0 Å². The fourth-order valence-corrected chi connectivity index (χ4v) is 12.3. The van der Waals surface area contributed by atoms with E-state index in [2.05, 4.69) is 265 Å². The SMILES string of the molecule is c1ccc(N(c2ccc3c(c2)-c2ccccc2N(c2ccccc2)c2ccccc2-3)c2ccc3c4ccccc4c4ccccc4c4ccccc4c4cc5sc6ccccc6c5cc4c3c2)cc1. The van der Waals surface area contributed by atoms with Crippen LogP contribution in [0.25, 0.3) is 96.3 Å². The smallest absolute Gasteiger partial charge is 0.0540 e. The van der Waals surface area contributed by atoms with Crippen LogP contribution in [-0.2, 0) is 0 Å². The lowest BCUT2D eigenvalue weighted by Gasteiger charge is -2.27. The van der Waals surface area contributed by atoms with Crippen molar-refractivity contribution in [1.82, 2.24) is 0 Å². The zero-order valence-electron chi connectivity index (χ0n) is 37.6. The number of hydrogen-bond acceptors (Lipinski definition) is 3. The van der Waals surface area contributed by atoms with Crippen LogP contribution in [0.1, 0.15) is 0 Å². The van der Waals surface area contributed by atoms with E-state index in [9.17, 15) is 0 Å². The molecule has 2 heterocycles. The minimum absolute atomic E-state index is 1.08. The molecule has 69 heavy (non-hydrogen) atoms. The van der Waals surface area contributed by atoms with Gasteiger partial charge in [-0.15, -0.1) is 11.3 Å². The van der Waals surface area contributed by atoms with Crippen LogP contribution in [0.4, 0.5) is 34.1 Å². The molecule has 2 nitrogen and oxygen atoms in total. The molecule has 1 aliphatic rings. The van der Waals surface area contributed by atoms with Crippen LogP contribution < -0.4 is 9.80 Å².